The van der Waals surface area contributed by atoms with Crippen molar-refractivity contribution in [2.24, 2.45) is 0 Å². The highest BCUT2D eigenvalue weighted by molar-refractivity contribution is 6.00. The van der Waals surface area contributed by atoms with Crippen LogP contribution in [0.5, 0.6) is 28.7 Å². The Bertz CT molecular complexity index is 1250. The molecule has 4 rings (SSSR count). The average Bonchev–Trinajstić information content (AvgIpc) is 2.80. The van der Waals surface area contributed by atoms with Crippen molar-refractivity contribution < 1.29 is 54.0 Å². The van der Waals surface area contributed by atoms with Crippen molar-refractivity contribution >= 4 is 21.9 Å². The molecule has 1 aliphatic rings. The summed E-state index contributed by atoms with van der Waals surface area (Å²) in [6.45, 7) is -0.681. The SMILES string of the molecule is COc1cc(O)c2c(=O)c3c(O)c(OC)ccc3oc2c1OC1OC(CO)C(O)C(O)C1O. The number of ether oxygens (including phenoxy) is 4. The number of benzene rings is 2. The third-order valence-corrected chi connectivity index (χ3v) is 5.47. The second-order valence-corrected chi connectivity index (χ2v) is 7.37. The van der Waals surface area contributed by atoms with Crippen LogP contribution in [0.3, 0.4) is 0 Å². The van der Waals surface area contributed by atoms with Crippen molar-refractivity contribution in [1.29, 1.82) is 0 Å². The highest BCUT2D eigenvalue weighted by atomic mass is 16.7. The van der Waals surface area contributed by atoms with E-state index in [2.05, 4.69) is 0 Å². The van der Waals surface area contributed by atoms with Crippen LogP contribution >= 0.6 is 0 Å². The fourth-order valence-corrected chi connectivity index (χ4v) is 3.72. The molecule has 33 heavy (non-hydrogen) atoms. The zero-order chi connectivity index (χ0) is 24.0. The van der Waals surface area contributed by atoms with Gasteiger partial charge in [-0.1, -0.05) is 0 Å². The predicted octanol–water partition coefficient (Wildman–Crippen LogP) is -0.447. The Morgan fingerprint density at radius 2 is 1.67 bits per heavy atom. The lowest BCUT2D eigenvalue weighted by molar-refractivity contribution is -0.277. The van der Waals surface area contributed by atoms with Gasteiger partial charge in [-0.2, -0.15) is 0 Å². The minimum atomic E-state index is -1.75. The maximum absolute atomic E-state index is 13.2. The largest absolute Gasteiger partial charge is 0.507 e. The number of hydrogen-bond acceptors (Lipinski definition) is 12. The van der Waals surface area contributed by atoms with Crippen LogP contribution in [-0.2, 0) is 4.74 Å². The van der Waals surface area contributed by atoms with Crippen molar-refractivity contribution in [1.82, 2.24) is 0 Å². The van der Waals surface area contributed by atoms with Crippen LogP contribution in [0.4, 0.5) is 0 Å². The summed E-state index contributed by atoms with van der Waals surface area (Å²) in [5.41, 5.74) is -1.18. The van der Waals surface area contributed by atoms with Gasteiger partial charge in [0.1, 0.15) is 46.5 Å². The first-order valence-electron chi connectivity index (χ1n) is 9.77. The molecule has 12 nitrogen and oxygen atoms in total. The van der Waals surface area contributed by atoms with E-state index in [4.69, 9.17) is 23.4 Å². The van der Waals surface area contributed by atoms with Gasteiger partial charge >= 0.3 is 0 Å². The van der Waals surface area contributed by atoms with Gasteiger partial charge in [0.25, 0.3) is 0 Å². The standard InChI is InChI=1S/C21H22O12/c1-29-9-4-3-8-13(14(9)24)16(26)12-7(23)5-10(30-2)19(20(12)31-8)33-21-18(28)17(27)15(25)11(6-22)32-21/h3-5,11,15,17-18,21-25,27-28H,6H2,1-2H3. The molecule has 0 saturated carbocycles. The summed E-state index contributed by atoms with van der Waals surface area (Å²) < 4.78 is 27.0. The maximum Gasteiger partial charge on any atom is 0.229 e. The molecule has 1 aliphatic heterocycles. The second kappa shape index (κ2) is 8.57. The van der Waals surface area contributed by atoms with Crippen molar-refractivity contribution in [2.75, 3.05) is 20.8 Å². The van der Waals surface area contributed by atoms with E-state index >= 15 is 0 Å². The average molecular weight is 466 g/mol. The molecule has 1 saturated heterocycles. The van der Waals surface area contributed by atoms with Crippen LogP contribution in [0.15, 0.2) is 27.4 Å². The van der Waals surface area contributed by atoms with Crippen LogP contribution in [-0.4, -0.2) is 82.2 Å². The lowest BCUT2D eigenvalue weighted by Crippen LogP contribution is -2.60. The minimum absolute atomic E-state index is 0.0138. The molecule has 3 aromatic rings. The van der Waals surface area contributed by atoms with E-state index < -0.39 is 54.2 Å². The zero-order valence-electron chi connectivity index (χ0n) is 17.5. The molecular weight excluding hydrogens is 444 g/mol. The van der Waals surface area contributed by atoms with E-state index in [-0.39, 0.29) is 39.2 Å². The molecule has 1 aromatic heterocycles. The molecule has 12 heteroatoms. The van der Waals surface area contributed by atoms with Gasteiger partial charge in [0.05, 0.1) is 20.8 Å². The Kier molecular flexibility index (Phi) is 5.95. The van der Waals surface area contributed by atoms with Crippen molar-refractivity contribution in [3.05, 3.63) is 28.4 Å². The summed E-state index contributed by atoms with van der Waals surface area (Å²) in [4.78, 5) is 13.2. The number of hydrogen-bond donors (Lipinski definition) is 6. The molecule has 5 atom stereocenters. The number of methoxy groups -OCH3 is 2. The fraction of sp³-hybridized carbons (Fsp3) is 0.381. The molecule has 1 fully saturated rings. The first-order valence-corrected chi connectivity index (χ1v) is 9.77. The minimum Gasteiger partial charge on any atom is -0.507 e. The molecule has 6 N–H and O–H groups in total. The summed E-state index contributed by atoms with van der Waals surface area (Å²) in [5.74, 6) is -1.40. The highest BCUT2D eigenvalue weighted by Gasteiger charge is 2.45. The van der Waals surface area contributed by atoms with Crippen LogP contribution in [0.1, 0.15) is 0 Å². The van der Waals surface area contributed by atoms with Gasteiger partial charge in [-0.15, -0.1) is 0 Å². The molecule has 0 spiro atoms. The van der Waals surface area contributed by atoms with Gasteiger partial charge in [0.15, 0.2) is 22.8 Å². The molecule has 0 amide bonds. The number of aliphatic hydroxyl groups is 4. The molecule has 5 unspecified atom stereocenters. The third kappa shape index (κ3) is 3.57. The van der Waals surface area contributed by atoms with Gasteiger partial charge < -0.3 is 54.0 Å². The topological polar surface area (TPSA) is 189 Å². The predicted molar refractivity (Wildman–Crippen MR) is 111 cm³/mol. The molecule has 2 aromatic carbocycles. The van der Waals surface area contributed by atoms with Crippen LogP contribution < -0.4 is 19.6 Å². The van der Waals surface area contributed by atoms with Gasteiger partial charge in [0, 0.05) is 6.07 Å². The van der Waals surface area contributed by atoms with E-state index in [9.17, 15) is 35.4 Å². The summed E-state index contributed by atoms with van der Waals surface area (Å²) in [5, 5.41) is 60.0. The summed E-state index contributed by atoms with van der Waals surface area (Å²) in [7, 11) is 2.55. The molecular formula is C21H22O12. The molecule has 0 aliphatic carbocycles. The van der Waals surface area contributed by atoms with E-state index in [1.54, 1.807) is 0 Å². The smallest absolute Gasteiger partial charge is 0.229 e. The Hall–Kier alpha value is -3.29. The van der Waals surface area contributed by atoms with Gasteiger partial charge in [-0.3, -0.25) is 4.79 Å². The van der Waals surface area contributed by atoms with E-state index in [0.29, 0.717) is 0 Å². The number of phenolic OH excluding ortho intramolecular Hbond substituents is 2. The summed E-state index contributed by atoms with van der Waals surface area (Å²) in [6, 6.07) is 3.79. The van der Waals surface area contributed by atoms with Crippen molar-refractivity contribution in [3.8, 4) is 28.7 Å². The van der Waals surface area contributed by atoms with Gasteiger partial charge in [-0.25, -0.2) is 0 Å². The first-order chi connectivity index (χ1) is 15.7. The van der Waals surface area contributed by atoms with E-state index in [1.807, 2.05) is 0 Å². The van der Waals surface area contributed by atoms with Crippen molar-refractivity contribution in [2.45, 2.75) is 30.7 Å². The van der Waals surface area contributed by atoms with Crippen LogP contribution in [0.2, 0.25) is 0 Å². The number of aromatic hydroxyl groups is 2. The maximum atomic E-state index is 13.2. The Morgan fingerprint density at radius 3 is 2.30 bits per heavy atom. The Balaban J connectivity index is 1.93. The zero-order valence-corrected chi connectivity index (χ0v) is 17.5. The van der Waals surface area contributed by atoms with Gasteiger partial charge in [-0.05, 0) is 12.1 Å². The lowest BCUT2D eigenvalue weighted by atomic mass is 9.99. The summed E-state index contributed by atoms with van der Waals surface area (Å²) >= 11 is 0. The molecule has 2 heterocycles. The number of aliphatic hydroxyl groups excluding tert-OH is 4. The van der Waals surface area contributed by atoms with E-state index in [1.165, 1.54) is 26.4 Å². The normalized spacial score (nSPS) is 25.3. The summed E-state index contributed by atoms with van der Waals surface area (Å²) in [6.07, 6.45) is -7.94. The number of fused-ring (bicyclic) bond motifs is 2. The van der Waals surface area contributed by atoms with Crippen LogP contribution in [0.25, 0.3) is 21.9 Å². The third-order valence-electron chi connectivity index (χ3n) is 5.47. The number of phenols is 2. The molecule has 178 valence electrons. The quantitative estimate of drug-likeness (QED) is 0.266. The molecule has 0 bridgehead atoms. The van der Waals surface area contributed by atoms with Gasteiger partial charge in [0.2, 0.25) is 17.5 Å². The Morgan fingerprint density at radius 1 is 0.970 bits per heavy atom. The highest BCUT2D eigenvalue weighted by Crippen LogP contribution is 2.44. The lowest BCUT2D eigenvalue weighted by Gasteiger charge is -2.39. The second-order valence-electron chi connectivity index (χ2n) is 7.37. The fourth-order valence-electron chi connectivity index (χ4n) is 3.72. The van der Waals surface area contributed by atoms with E-state index in [0.717, 1.165) is 6.07 Å². The Labute approximate surface area is 185 Å². The van der Waals surface area contributed by atoms with Crippen LogP contribution in [0, 0.1) is 0 Å². The molecule has 0 radical (unpaired) electrons. The van der Waals surface area contributed by atoms with Crippen molar-refractivity contribution in [3.63, 3.8) is 0 Å². The first kappa shape index (κ1) is 22.9. The number of rotatable bonds is 5. The monoisotopic (exact) mass is 466 g/mol.